The molecule has 3 aliphatic rings. The summed E-state index contributed by atoms with van der Waals surface area (Å²) in [5, 5.41) is 11.5. The number of amides is 3. The highest BCUT2D eigenvalue weighted by molar-refractivity contribution is 8.00. The first-order chi connectivity index (χ1) is 16.9. The number of aliphatic carboxylic acids is 1. The fraction of sp³-hybridized carbons (Fsp3) is 0.318. The topological polar surface area (TPSA) is 190 Å². The number of carbonyl (C=O) groups is 4. The Bertz CT molecular complexity index is 1310. The number of fused-ring (bicyclic) bond motifs is 1. The maximum absolute atomic E-state index is 12.7. The van der Waals surface area contributed by atoms with E-state index in [-0.39, 0.29) is 12.0 Å². The summed E-state index contributed by atoms with van der Waals surface area (Å²) in [6.45, 7) is 0.317. The van der Waals surface area contributed by atoms with Gasteiger partial charge in [-0.05, 0) is 5.56 Å². The summed E-state index contributed by atoms with van der Waals surface area (Å²) in [4.78, 5) is 49.8. The van der Waals surface area contributed by atoms with E-state index in [0.717, 1.165) is 5.57 Å². The standard InChI is InChI=1S/C22H22N4O8S2/c23-20(29)22(21(30)31)6-8-25(9-7-22)10-13-11-26-18(28)15(19(26)35-12-13)24-17(27)16(36(32,33)34)14-4-2-1-3-5-14/h1-6,8-9,11,15-16,19H,7,10,12H2,(H4-,23,24,27,29,30,31,32,33,34)/t15?,16?,19-,22?/m1/s1. The second-order valence-electron chi connectivity index (χ2n) is 8.52. The molecule has 1 aromatic carbocycles. The molecule has 0 aromatic heterocycles. The van der Waals surface area contributed by atoms with E-state index in [9.17, 15) is 37.3 Å². The summed E-state index contributed by atoms with van der Waals surface area (Å²) in [7, 11) is -4.78. The summed E-state index contributed by atoms with van der Waals surface area (Å²) in [5.74, 6) is -3.58. The van der Waals surface area contributed by atoms with Crippen LogP contribution in [-0.4, -0.2) is 76.1 Å². The fourth-order valence-corrected chi connectivity index (χ4v) is 6.25. The molecule has 1 aromatic rings. The predicted molar refractivity (Wildman–Crippen MR) is 125 cm³/mol. The zero-order valence-electron chi connectivity index (χ0n) is 18.6. The molecule has 36 heavy (non-hydrogen) atoms. The van der Waals surface area contributed by atoms with Gasteiger partial charge in [-0.2, -0.15) is 8.42 Å². The average Bonchev–Trinajstić information content (AvgIpc) is 2.82. The van der Waals surface area contributed by atoms with Crippen LogP contribution in [0, 0.1) is 5.41 Å². The molecule has 4 rings (SSSR count). The van der Waals surface area contributed by atoms with Crippen molar-refractivity contribution < 1.29 is 41.8 Å². The highest BCUT2D eigenvalue weighted by Gasteiger charge is 2.51. The van der Waals surface area contributed by atoms with Crippen LogP contribution in [0.4, 0.5) is 0 Å². The molecule has 1 saturated heterocycles. The van der Waals surface area contributed by atoms with Gasteiger partial charge >= 0.3 is 0 Å². The number of benzene rings is 1. The maximum atomic E-state index is 12.7. The predicted octanol–water partition coefficient (Wildman–Crippen LogP) is -1.88. The van der Waals surface area contributed by atoms with Crippen molar-refractivity contribution >= 4 is 51.8 Å². The van der Waals surface area contributed by atoms with Crippen LogP contribution in [0.1, 0.15) is 17.2 Å². The van der Waals surface area contributed by atoms with Gasteiger partial charge in [-0.3, -0.25) is 18.9 Å². The highest BCUT2D eigenvalue weighted by atomic mass is 32.2. The molecular formula is C22H22N4O8S2. The number of primary amides is 1. The molecule has 3 unspecified atom stereocenters. The molecule has 0 radical (unpaired) electrons. The molecule has 4 N–H and O–H groups in total. The van der Waals surface area contributed by atoms with Crippen molar-refractivity contribution in [2.24, 2.45) is 11.1 Å². The molecule has 0 saturated carbocycles. The van der Waals surface area contributed by atoms with Gasteiger partial charge in [-0.15, -0.1) is 11.8 Å². The lowest BCUT2D eigenvalue weighted by Crippen LogP contribution is -2.69. The molecule has 1 fully saturated rings. The monoisotopic (exact) mass is 534 g/mol. The summed E-state index contributed by atoms with van der Waals surface area (Å²) in [6, 6.07) is 6.51. The first-order valence-corrected chi connectivity index (χ1v) is 13.2. The zero-order chi connectivity index (χ0) is 26.3. The van der Waals surface area contributed by atoms with Gasteiger partial charge in [0.25, 0.3) is 16.0 Å². The van der Waals surface area contributed by atoms with E-state index in [0.29, 0.717) is 12.3 Å². The van der Waals surface area contributed by atoms with Gasteiger partial charge in [0.2, 0.25) is 11.8 Å². The van der Waals surface area contributed by atoms with Crippen LogP contribution in [0.2, 0.25) is 0 Å². The van der Waals surface area contributed by atoms with E-state index in [1.54, 1.807) is 16.8 Å². The van der Waals surface area contributed by atoms with Crippen molar-refractivity contribution in [2.75, 3.05) is 12.3 Å². The van der Waals surface area contributed by atoms with Crippen molar-refractivity contribution in [2.45, 2.75) is 23.1 Å². The van der Waals surface area contributed by atoms with Crippen molar-refractivity contribution in [1.82, 2.24) is 10.2 Å². The number of rotatable bonds is 8. The van der Waals surface area contributed by atoms with E-state index >= 15 is 0 Å². The van der Waals surface area contributed by atoms with Gasteiger partial charge in [-0.25, -0.2) is 4.58 Å². The lowest BCUT2D eigenvalue weighted by molar-refractivity contribution is -0.447. The quantitative estimate of drug-likeness (QED) is 0.148. The van der Waals surface area contributed by atoms with Gasteiger partial charge in [-0.1, -0.05) is 30.3 Å². The number of nitrogens with two attached hydrogens (primary N) is 1. The molecule has 3 amide bonds. The van der Waals surface area contributed by atoms with Crippen LogP contribution < -0.4 is 16.2 Å². The Morgan fingerprint density at radius 2 is 2.00 bits per heavy atom. The number of β-lactam (4-membered cyclic amide) rings is 1. The molecule has 12 nitrogen and oxygen atoms in total. The van der Waals surface area contributed by atoms with Crippen LogP contribution in [0.3, 0.4) is 0 Å². The Morgan fingerprint density at radius 3 is 2.56 bits per heavy atom. The van der Waals surface area contributed by atoms with Crippen LogP contribution in [0.15, 0.2) is 54.4 Å². The maximum Gasteiger partial charge on any atom is 0.281 e. The number of hydrogen-bond acceptors (Lipinski definition) is 8. The Balaban J connectivity index is 1.41. The van der Waals surface area contributed by atoms with Crippen LogP contribution >= 0.6 is 11.8 Å². The van der Waals surface area contributed by atoms with Crippen molar-refractivity contribution in [3.05, 3.63) is 59.9 Å². The molecule has 190 valence electrons. The van der Waals surface area contributed by atoms with E-state index in [1.165, 1.54) is 59.4 Å². The second-order valence-corrected chi connectivity index (χ2v) is 11.1. The zero-order valence-corrected chi connectivity index (χ0v) is 20.3. The highest BCUT2D eigenvalue weighted by Crippen LogP contribution is 2.37. The molecular weight excluding hydrogens is 512 g/mol. The van der Waals surface area contributed by atoms with E-state index in [4.69, 9.17) is 5.73 Å². The van der Waals surface area contributed by atoms with Gasteiger partial charge < -0.3 is 25.9 Å². The lowest BCUT2D eigenvalue weighted by Gasteiger charge is -2.47. The molecule has 3 heterocycles. The van der Waals surface area contributed by atoms with E-state index in [1.807, 2.05) is 0 Å². The summed E-state index contributed by atoms with van der Waals surface area (Å²) >= 11 is 1.36. The van der Waals surface area contributed by atoms with Crippen LogP contribution in [-0.2, 0) is 29.3 Å². The summed E-state index contributed by atoms with van der Waals surface area (Å²) in [6.07, 6.45) is 5.57. The lowest BCUT2D eigenvalue weighted by atomic mass is 9.83. The fourth-order valence-electron chi connectivity index (χ4n) is 4.16. The average molecular weight is 535 g/mol. The number of hydrogen-bond donors (Lipinski definition) is 3. The Labute approximate surface area is 210 Å². The third-order valence-corrected chi connectivity index (χ3v) is 8.63. The minimum absolute atomic E-state index is 0.0736. The molecule has 3 aliphatic heterocycles. The van der Waals surface area contributed by atoms with E-state index < -0.39 is 55.9 Å². The van der Waals surface area contributed by atoms with E-state index in [2.05, 4.69) is 5.32 Å². The molecule has 0 aliphatic carbocycles. The molecule has 14 heteroatoms. The number of carbonyl (C=O) groups excluding carboxylic acids is 4. The smallest absolute Gasteiger partial charge is 0.281 e. The largest absolute Gasteiger partial charge is 0.549 e. The summed E-state index contributed by atoms with van der Waals surface area (Å²) in [5.41, 5.74) is 4.21. The minimum atomic E-state index is -4.78. The summed E-state index contributed by atoms with van der Waals surface area (Å²) < 4.78 is 35.0. The number of carboxylic acids is 1. The van der Waals surface area contributed by atoms with Crippen molar-refractivity contribution in [1.29, 1.82) is 0 Å². The van der Waals surface area contributed by atoms with Crippen LogP contribution in [0.25, 0.3) is 0 Å². The molecule has 0 bridgehead atoms. The number of carboxylic acid groups (broad SMARTS) is 1. The third kappa shape index (κ3) is 4.66. The normalized spacial score (nSPS) is 26.1. The van der Waals surface area contributed by atoms with Gasteiger partial charge in [0, 0.05) is 30.0 Å². The van der Waals surface area contributed by atoms with Gasteiger partial charge in [0.1, 0.15) is 23.0 Å². The van der Waals surface area contributed by atoms with Crippen LogP contribution in [0.5, 0.6) is 0 Å². The Kier molecular flexibility index (Phi) is 6.77. The van der Waals surface area contributed by atoms with Crippen molar-refractivity contribution in [3.8, 4) is 0 Å². The molecule has 0 spiro atoms. The SMILES string of the molecule is NC(=O)C1(C(=O)[O-])C=C[N+](CC2=CN3C(=O)C(NC(=O)C(c4ccccc4)S(=O)(=O)O)[C@H]3SC2)=CC1. The Morgan fingerprint density at radius 1 is 1.31 bits per heavy atom. The third-order valence-electron chi connectivity index (χ3n) is 6.16. The van der Waals surface area contributed by atoms with Crippen molar-refractivity contribution in [3.63, 3.8) is 0 Å². The first kappa shape index (κ1) is 25.6. The van der Waals surface area contributed by atoms with Gasteiger partial charge in [0.15, 0.2) is 18.0 Å². The second kappa shape index (κ2) is 9.52. The Hall–Kier alpha value is -3.49. The number of nitrogens with one attached hydrogen (secondary N) is 1. The molecule has 4 atom stereocenters. The number of thioether (sulfide) groups is 1. The number of nitrogens with zero attached hydrogens (tertiary/aromatic N) is 2. The minimum Gasteiger partial charge on any atom is -0.549 e. The van der Waals surface area contributed by atoms with Gasteiger partial charge in [0.05, 0.1) is 5.97 Å². The first-order valence-electron chi connectivity index (χ1n) is 10.7.